The SMILES string of the molecule is COC(=O)c1ccc(C(F)(F)F)c(N[C@@H](C)C2[C@@H]3CC[C@H]2CN(C(=O)OC(C)(C)C)C3)c1. The van der Waals surface area contributed by atoms with Crippen LogP contribution < -0.4 is 5.32 Å². The van der Waals surface area contributed by atoms with Gasteiger partial charge in [0.25, 0.3) is 0 Å². The lowest BCUT2D eigenvalue weighted by Gasteiger charge is -2.41. The largest absolute Gasteiger partial charge is 0.465 e. The Morgan fingerprint density at radius 1 is 1.12 bits per heavy atom. The third-order valence-electron chi connectivity index (χ3n) is 6.26. The molecule has 0 aromatic heterocycles. The van der Waals surface area contributed by atoms with Crippen molar-refractivity contribution in [3.63, 3.8) is 0 Å². The molecule has 2 bridgehead atoms. The highest BCUT2D eigenvalue weighted by molar-refractivity contribution is 5.90. The number of carbonyl (C=O) groups excluding carboxylic acids is 2. The van der Waals surface area contributed by atoms with Crippen molar-refractivity contribution in [1.29, 1.82) is 0 Å². The van der Waals surface area contributed by atoms with Gasteiger partial charge in [-0.25, -0.2) is 9.59 Å². The zero-order valence-corrected chi connectivity index (χ0v) is 19.1. The average molecular weight is 457 g/mol. The van der Waals surface area contributed by atoms with E-state index in [1.165, 1.54) is 13.2 Å². The van der Waals surface area contributed by atoms with E-state index in [4.69, 9.17) is 4.74 Å². The van der Waals surface area contributed by atoms with Crippen LogP contribution in [0.2, 0.25) is 0 Å². The van der Waals surface area contributed by atoms with Crippen LogP contribution in [0.15, 0.2) is 18.2 Å². The van der Waals surface area contributed by atoms with E-state index in [9.17, 15) is 22.8 Å². The Hall–Kier alpha value is -2.45. The number of halogens is 3. The van der Waals surface area contributed by atoms with Crippen LogP contribution in [-0.4, -0.2) is 48.8 Å². The molecule has 1 amide bonds. The van der Waals surface area contributed by atoms with Gasteiger partial charge in [-0.05, 0) is 76.5 Å². The second kappa shape index (κ2) is 8.83. The van der Waals surface area contributed by atoms with Gasteiger partial charge in [0.05, 0.1) is 18.2 Å². The summed E-state index contributed by atoms with van der Waals surface area (Å²) in [5.74, 6) is -0.250. The van der Waals surface area contributed by atoms with Crippen molar-refractivity contribution in [2.45, 2.75) is 58.4 Å². The van der Waals surface area contributed by atoms with Crippen LogP contribution in [-0.2, 0) is 15.7 Å². The number of ether oxygens (including phenoxy) is 2. The van der Waals surface area contributed by atoms with Crippen LogP contribution in [0.1, 0.15) is 56.5 Å². The molecule has 1 N–H and O–H groups in total. The molecule has 32 heavy (non-hydrogen) atoms. The number of nitrogens with one attached hydrogen (secondary N) is 1. The molecule has 1 saturated heterocycles. The van der Waals surface area contributed by atoms with Gasteiger partial charge in [0.2, 0.25) is 0 Å². The molecule has 1 aromatic rings. The highest BCUT2D eigenvalue weighted by Crippen LogP contribution is 2.45. The fraction of sp³-hybridized carbons (Fsp3) is 0.652. The summed E-state index contributed by atoms with van der Waals surface area (Å²) in [6.45, 7) is 8.37. The van der Waals surface area contributed by atoms with Gasteiger partial charge in [-0.1, -0.05) is 0 Å². The first-order valence-electron chi connectivity index (χ1n) is 10.8. The number of methoxy groups -OCH3 is 1. The molecule has 4 atom stereocenters. The zero-order valence-electron chi connectivity index (χ0n) is 19.1. The minimum atomic E-state index is -4.56. The highest BCUT2D eigenvalue weighted by atomic mass is 19.4. The predicted molar refractivity (Wildman–Crippen MR) is 113 cm³/mol. The lowest BCUT2D eigenvalue weighted by Crippen LogP contribution is -2.50. The maximum absolute atomic E-state index is 13.6. The first-order valence-corrected chi connectivity index (χ1v) is 10.8. The number of likely N-dealkylation sites (tertiary alicyclic amines) is 1. The van der Waals surface area contributed by atoms with Crippen molar-refractivity contribution in [2.24, 2.45) is 17.8 Å². The van der Waals surface area contributed by atoms with E-state index in [1.54, 1.807) is 4.90 Å². The lowest BCUT2D eigenvalue weighted by atomic mass is 9.80. The quantitative estimate of drug-likeness (QED) is 0.632. The molecular weight excluding hydrogens is 425 g/mol. The molecule has 1 aromatic carbocycles. The molecule has 178 valence electrons. The maximum Gasteiger partial charge on any atom is 0.418 e. The molecule has 0 radical (unpaired) electrons. The molecule has 9 heteroatoms. The van der Waals surface area contributed by atoms with Gasteiger partial charge in [-0.2, -0.15) is 13.2 Å². The van der Waals surface area contributed by atoms with Gasteiger partial charge in [0.15, 0.2) is 0 Å². The molecule has 1 aliphatic heterocycles. The summed E-state index contributed by atoms with van der Waals surface area (Å²) in [4.78, 5) is 26.1. The molecule has 2 fully saturated rings. The molecule has 6 nitrogen and oxygen atoms in total. The van der Waals surface area contributed by atoms with Gasteiger partial charge >= 0.3 is 18.2 Å². The minimum Gasteiger partial charge on any atom is -0.465 e. The summed E-state index contributed by atoms with van der Waals surface area (Å²) in [6, 6.07) is 2.94. The lowest BCUT2D eigenvalue weighted by molar-refractivity contribution is -0.137. The van der Waals surface area contributed by atoms with E-state index >= 15 is 0 Å². The summed E-state index contributed by atoms with van der Waals surface area (Å²) in [7, 11) is 1.19. The highest BCUT2D eigenvalue weighted by Gasteiger charge is 2.46. The van der Waals surface area contributed by atoms with Crippen molar-refractivity contribution in [2.75, 3.05) is 25.5 Å². The second-order valence-corrected chi connectivity index (χ2v) is 9.74. The summed E-state index contributed by atoms with van der Waals surface area (Å²) in [6.07, 6.45) is -3.08. The van der Waals surface area contributed by atoms with Crippen molar-refractivity contribution >= 4 is 17.7 Å². The first kappa shape index (κ1) is 24.2. The number of hydrogen-bond acceptors (Lipinski definition) is 5. The Balaban J connectivity index is 1.77. The monoisotopic (exact) mass is 456 g/mol. The van der Waals surface area contributed by atoms with E-state index < -0.39 is 23.3 Å². The molecule has 0 spiro atoms. The van der Waals surface area contributed by atoms with Gasteiger partial charge < -0.3 is 19.7 Å². The van der Waals surface area contributed by atoms with Crippen LogP contribution in [0.5, 0.6) is 0 Å². The standard InChI is InChI=1S/C23H31F3N2O4/c1-13(27-18-10-14(20(29)31-5)8-9-17(18)23(24,25)26)19-15-6-7-16(19)12-28(11-15)21(30)32-22(2,3)4/h8-10,13,15-16,19,27H,6-7,11-12H2,1-5H3/t13-,15-,16+,19?/m0/s1. The van der Waals surface area contributed by atoms with E-state index in [2.05, 4.69) is 10.1 Å². The molecule has 1 heterocycles. The molecule has 1 unspecified atom stereocenters. The van der Waals surface area contributed by atoms with E-state index in [1.807, 2.05) is 27.7 Å². The summed E-state index contributed by atoms with van der Waals surface area (Å²) in [5.41, 5.74) is -1.49. The van der Waals surface area contributed by atoms with Crippen LogP contribution in [0, 0.1) is 17.8 Å². The van der Waals surface area contributed by atoms with Gasteiger partial charge in [0, 0.05) is 24.8 Å². The topological polar surface area (TPSA) is 67.9 Å². The molecule has 1 aliphatic carbocycles. The van der Waals surface area contributed by atoms with Gasteiger partial charge in [-0.3, -0.25) is 0 Å². The Morgan fingerprint density at radius 3 is 2.22 bits per heavy atom. The Labute approximate surface area is 186 Å². The normalized spacial score (nSPS) is 24.1. The summed E-state index contributed by atoms with van der Waals surface area (Å²) >= 11 is 0. The fourth-order valence-corrected chi connectivity index (χ4v) is 5.05. The van der Waals surface area contributed by atoms with Gasteiger partial charge in [0.1, 0.15) is 5.60 Å². The number of rotatable bonds is 4. The van der Waals surface area contributed by atoms with Crippen molar-refractivity contribution < 1.29 is 32.2 Å². The smallest absolute Gasteiger partial charge is 0.418 e. The molecule has 3 rings (SSSR count). The maximum atomic E-state index is 13.6. The zero-order chi connectivity index (χ0) is 23.8. The van der Waals surface area contributed by atoms with Crippen LogP contribution in [0.25, 0.3) is 0 Å². The number of benzene rings is 1. The molecule has 2 aliphatic rings. The van der Waals surface area contributed by atoms with Gasteiger partial charge in [-0.15, -0.1) is 0 Å². The van der Waals surface area contributed by atoms with Crippen molar-refractivity contribution in [3.05, 3.63) is 29.3 Å². The van der Waals surface area contributed by atoms with Crippen LogP contribution in [0.3, 0.4) is 0 Å². The number of fused-ring (bicyclic) bond motifs is 2. The van der Waals surface area contributed by atoms with E-state index in [0.29, 0.717) is 13.1 Å². The number of amides is 1. The first-order chi connectivity index (χ1) is 14.8. The summed E-state index contributed by atoms with van der Waals surface area (Å²) in [5, 5.41) is 3.03. The third-order valence-corrected chi connectivity index (χ3v) is 6.26. The van der Waals surface area contributed by atoms with Crippen molar-refractivity contribution in [3.8, 4) is 0 Å². The molecular formula is C23H31F3N2O4. The predicted octanol–water partition coefficient (Wildman–Crippen LogP) is 5.19. The number of hydrogen-bond donors (Lipinski definition) is 1. The number of carbonyl (C=O) groups is 2. The van der Waals surface area contributed by atoms with Crippen molar-refractivity contribution in [1.82, 2.24) is 4.90 Å². The average Bonchev–Trinajstić information content (AvgIpc) is 2.94. The number of nitrogens with zero attached hydrogens (tertiary/aromatic N) is 1. The molecule has 1 saturated carbocycles. The number of piperidine rings is 1. The van der Waals surface area contributed by atoms with Crippen LogP contribution in [0.4, 0.5) is 23.7 Å². The third kappa shape index (κ3) is 5.30. The number of alkyl halides is 3. The minimum absolute atomic E-state index is 0.0536. The summed E-state index contributed by atoms with van der Waals surface area (Å²) < 4.78 is 50.9. The van der Waals surface area contributed by atoms with Crippen LogP contribution >= 0.6 is 0 Å². The van der Waals surface area contributed by atoms with E-state index in [0.717, 1.165) is 25.0 Å². The number of anilines is 1. The fourth-order valence-electron chi connectivity index (χ4n) is 5.05. The second-order valence-electron chi connectivity index (χ2n) is 9.74. The van der Waals surface area contributed by atoms with E-state index in [-0.39, 0.29) is 41.1 Å². The Kier molecular flexibility index (Phi) is 6.67. The number of esters is 1. The Morgan fingerprint density at radius 2 is 1.72 bits per heavy atom. The Bertz CT molecular complexity index is 852.